The minimum absolute atomic E-state index is 0.0369. The fourth-order valence-corrected chi connectivity index (χ4v) is 2.78. The molecule has 1 aliphatic carbocycles. The summed E-state index contributed by atoms with van der Waals surface area (Å²) in [5, 5.41) is 8.69. The molecular formula is C11H18NO3P. The van der Waals surface area contributed by atoms with Crippen LogP contribution in [0.3, 0.4) is 0 Å². The molecule has 0 heterocycles. The molecule has 90 valence electrons. The molecule has 3 unspecified atom stereocenters. The van der Waals surface area contributed by atoms with Crippen molar-refractivity contribution in [1.82, 2.24) is 0 Å². The molecule has 3 N–H and O–H groups in total. The zero-order chi connectivity index (χ0) is 12.0. The van der Waals surface area contributed by atoms with Gasteiger partial charge in [-0.15, -0.1) is 0 Å². The van der Waals surface area contributed by atoms with E-state index in [1.807, 2.05) is 0 Å². The number of nitrogens with two attached hydrogens (primary N) is 1. The van der Waals surface area contributed by atoms with Crippen LogP contribution in [-0.2, 0) is 9.36 Å². The van der Waals surface area contributed by atoms with Crippen LogP contribution in [0.15, 0.2) is 0 Å². The van der Waals surface area contributed by atoms with Gasteiger partial charge in [0.1, 0.15) is 0 Å². The summed E-state index contributed by atoms with van der Waals surface area (Å²) in [5.41, 5.74) is 8.39. The normalized spacial score (nSPS) is 26.8. The average Bonchev–Trinajstić information content (AvgIpc) is 2.27. The molecule has 0 aliphatic heterocycles. The standard InChI is InChI=1S/C11H18NO3P/c12-10(11(13)14)6-5-8-3-1-2-4-9(8)7-16-15/h8-10H,1-6,12H2,(H,13,14). The zero-order valence-electron chi connectivity index (χ0n) is 9.26. The van der Waals surface area contributed by atoms with E-state index in [9.17, 15) is 9.36 Å². The molecule has 0 aromatic rings. The summed E-state index contributed by atoms with van der Waals surface area (Å²) < 4.78 is 10.5. The third kappa shape index (κ3) is 4.13. The van der Waals surface area contributed by atoms with Crippen LogP contribution in [0.1, 0.15) is 38.5 Å². The molecule has 16 heavy (non-hydrogen) atoms. The topological polar surface area (TPSA) is 80.4 Å². The van der Waals surface area contributed by atoms with E-state index in [1.165, 1.54) is 6.42 Å². The number of rotatable bonds is 4. The van der Waals surface area contributed by atoms with Gasteiger partial charge in [0.05, 0.1) is 0 Å². The van der Waals surface area contributed by atoms with Gasteiger partial charge in [-0.25, -0.2) is 0 Å². The quantitative estimate of drug-likeness (QED) is 0.742. The molecule has 0 spiro atoms. The maximum absolute atomic E-state index is 10.6. The van der Waals surface area contributed by atoms with Crippen LogP contribution >= 0.6 is 7.92 Å². The second-order valence-corrected chi connectivity index (χ2v) is 4.83. The summed E-state index contributed by atoms with van der Waals surface area (Å²) in [4.78, 5) is 10.6. The molecule has 4 nitrogen and oxygen atoms in total. The Bertz CT molecular complexity index is 338. The van der Waals surface area contributed by atoms with E-state index in [4.69, 9.17) is 10.8 Å². The average molecular weight is 243 g/mol. The number of carboxylic acids is 1. The Morgan fingerprint density at radius 1 is 1.50 bits per heavy atom. The molecule has 0 bridgehead atoms. The second kappa shape index (κ2) is 6.90. The van der Waals surface area contributed by atoms with E-state index in [2.05, 4.69) is 5.63 Å². The van der Waals surface area contributed by atoms with E-state index >= 15 is 0 Å². The van der Waals surface area contributed by atoms with Crippen molar-refractivity contribution in [1.29, 1.82) is 0 Å². The van der Waals surface area contributed by atoms with Crippen molar-refractivity contribution in [3.63, 3.8) is 0 Å². The van der Waals surface area contributed by atoms with Gasteiger partial charge in [-0.1, -0.05) is 0 Å². The van der Waals surface area contributed by atoms with E-state index in [-0.39, 0.29) is 13.8 Å². The molecule has 0 radical (unpaired) electrons. The van der Waals surface area contributed by atoms with Gasteiger partial charge in [-0.05, 0) is 0 Å². The van der Waals surface area contributed by atoms with Crippen molar-refractivity contribution in [2.45, 2.75) is 44.6 Å². The van der Waals surface area contributed by atoms with Crippen molar-refractivity contribution < 1.29 is 14.5 Å². The zero-order valence-corrected chi connectivity index (χ0v) is 10.2. The third-order valence-electron chi connectivity index (χ3n) is 3.29. The van der Waals surface area contributed by atoms with Crippen molar-refractivity contribution in [2.75, 3.05) is 0 Å². The molecule has 3 atom stereocenters. The predicted octanol–water partition coefficient (Wildman–Crippen LogP) is 2.24. The fraction of sp³-hybridized carbons (Fsp3) is 0.818. The Kier molecular flexibility index (Phi) is 5.83. The van der Waals surface area contributed by atoms with Gasteiger partial charge in [0, 0.05) is 0 Å². The van der Waals surface area contributed by atoms with E-state index < -0.39 is 12.0 Å². The van der Waals surface area contributed by atoms with Gasteiger partial charge in [0.25, 0.3) is 0 Å². The minimum atomic E-state index is -0.942. The first kappa shape index (κ1) is 13.5. The molecular weight excluding hydrogens is 225 g/mol. The van der Waals surface area contributed by atoms with Crippen LogP contribution in [0.5, 0.6) is 0 Å². The Labute approximate surface area is 96.7 Å². The van der Waals surface area contributed by atoms with Gasteiger partial charge in [0.15, 0.2) is 0 Å². The molecule has 1 saturated carbocycles. The van der Waals surface area contributed by atoms with Crippen LogP contribution < -0.4 is 5.73 Å². The first-order valence-electron chi connectivity index (χ1n) is 5.71. The number of hydrogen-bond donors (Lipinski definition) is 2. The van der Waals surface area contributed by atoms with Crippen molar-refractivity contribution in [3.8, 4) is 5.63 Å². The van der Waals surface area contributed by atoms with Crippen molar-refractivity contribution in [2.24, 2.45) is 17.6 Å². The first-order valence-corrected chi connectivity index (χ1v) is 6.52. The molecule has 0 aromatic carbocycles. The van der Waals surface area contributed by atoms with Crippen LogP contribution in [-0.4, -0.2) is 17.1 Å². The third-order valence-corrected chi connectivity index (χ3v) is 3.73. The molecule has 5 heteroatoms. The Hall–Kier alpha value is -0.560. The first-order chi connectivity index (χ1) is 7.65. The molecule has 0 saturated heterocycles. The maximum atomic E-state index is 10.6. The molecule has 0 amide bonds. The second-order valence-electron chi connectivity index (χ2n) is 4.39. The summed E-state index contributed by atoms with van der Waals surface area (Å²) >= 11 is 0. The SMILES string of the molecule is NC(CCC1CCCCC1C#P=O)C(=O)O. The van der Waals surface area contributed by atoms with Gasteiger partial charge >= 0.3 is 96.1 Å². The number of carbonyl (C=O) groups is 1. The van der Waals surface area contributed by atoms with Crippen LogP contribution in [0, 0.1) is 17.5 Å². The van der Waals surface area contributed by atoms with Gasteiger partial charge in [-0.2, -0.15) is 0 Å². The Morgan fingerprint density at radius 3 is 2.81 bits per heavy atom. The number of hydrogen-bond acceptors (Lipinski definition) is 3. The van der Waals surface area contributed by atoms with Crippen LogP contribution in [0.2, 0.25) is 0 Å². The fourth-order valence-electron chi connectivity index (χ4n) is 2.31. The van der Waals surface area contributed by atoms with E-state index in [0.717, 1.165) is 25.7 Å². The monoisotopic (exact) mass is 243 g/mol. The van der Waals surface area contributed by atoms with Crippen LogP contribution in [0.25, 0.3) is 0 Å². The van der Waals surface area contributed by atoms with E-state index in [0.29, 0.717) is 12.3 Å². The summed E-state index contributed by atoms with van der Waals surface area (Å²) in [6, 6.07) is -0.771. The number of aliphatic carboxylic acids is 1. The van der Waals surface area contributed by atoms with Crippen molar-refractivity contribution in [3.05, 3.63) is 0 Å². The molecule has 0 aromatic heterocycles. The van der Waals surface area contributed by atoms with Gasteiger partial charge < -0.3 is 0 Å². The summed E-state index contributed by atoms with van der Waals surface area (Å²) in [6.45, 7) is 0. The Balaban J connectivity index is 2.46. The summed E-state index contributed by atoms with van der Waals surface area (Å²) in [5.74, 6) is -0.295. The summed E-state index contributed by atoms with van der Waals surface area (Å²) in [7, 11) is -0.0369. The molecule has 1 fully saturated rings. The Morgan fingerprint density at radius 2 is 2.19 bits per heavy atom. The number of carboxylic acid groups (broad SMARTS) is 1. The van der Waals surface area contributed by atoms with E-state index in [1.54, 1.807) is 0 Å². The summed E-state index contributed by atoms with van der Waals surface area (Å²) in [6.07, 6.45) is 5.69. The predicted molar refractivity (Wildman–Crippen MR) is 61.8 cm³/mol. The van der Waals surface area contributed by atoms with Gasteiger partial charge in [0.2, 0.25) is 0 Å². The van der Waals surface area contributed by atoms with Crippen molar-refractivity contribution >= 4 is 13.9 Å². The molecule has 1 aliphatic rings. The molecule has 1 rings (SSSR count). The van der Waals surface area contributed by atoms with Gasteiger partial charge in [-0.3, -0.25) is 0 Å². The van der Waals surface area contributed by atoms with Crippen LogP contribution in [0.4, 0.5) is 0 Å².